The van der Waals surface area contributed by atoms with Gasteiger partial charge in [0.1, 0.15) is 0 Å². The SMILES string of the molecule is CC(=O)C1=C(O)C(=O)N(CCC(=O)O)[C@@H]1c1ccccc1[N+](=O)[O-]. The number of carboxylic acids is 1. The summed E-state index contributed by atoms with van der Waals surface area (Å²) in [5.41, 5.74) is -0.570. The van der Waals surface area contributed by atoms with Crippen molar-refractivity contribution >= 4 is 23.3 Å². The van der Waals surface area contributed by atoms with Crippen molar-refractivity contribution in [2.24, 2.45) is 0 Å². The number of benzene rings is 1. The van der Waals surface area contributed by atoms with E-state index in [-0.39, 0.29) is 23.4 Å². The highest BCUT2D eigenvalue weighted by Gasteiger charge is 2.44. The summed E-state index contributed by atoms with van der Waals surface area (Å²) in [5.74, 6) is -3.54. The van der Waals surface area contributed by atoms with Crippen LogP contribution in [0.1, 0.15) is 24.9 Å². The van der Waals surface area contributed by atoms with Crippen LogP contribution in [-0.4, -0.2) is 44.2 Å². The van der Waals surface area contributed by atoms with Crippen LogP contribution in [-0.2, 0) is 14.4 Å². The Kier molecular flexibility index (Phi) is 4.63. The number of nitro benzene ring substituents is 1. The van der Waals surface area contributed by atoms with Gasteiger partial charge in [-0.2, -0.15) is 0 Å². The first-order valence-corrected chi connectivity index (χ1v) is 6.95. The molecule has 0 aromatic heterocycles. The predicted molar refractivity (Wildman–Crippen MR) is 80.1 cm³/mol. The molecular formula is C15H14N2O7. The lowest BCUT2D eigenvalue weighted by Gasteiger charge is -2.25. The van der Waals surface area contributed by atoms with E-state index in [9.17, 15) is 29.6 Å². The molecule has 0 saturated heterocycles. The third kappa shape index (κ3) is 2.96. The lowest BCUT2D eigenvalue weighted by Crippen LogP contribution is -2.33. The van der Waals surface area contributed by atoms with Gasteiger partial charge in [-0.25, -0.2) is 0 Å². The molecule has 1 aromatic rings. The largest absolute Gasteiger partial charge is 0.503 e. The van der Waals surface area contributed by atoms with Crippen molar-refractivity contribution in [3.8, 4) is 0 Å². The van der Waals surface area contributed by atoms with Crippen molar-refractivity contribution in [3.63, 3.8) is 0 Å². The van der Waals surface area contributed by atoms with Crippen LogP contribution in [0, 0.1) is 10.1 Å². The molecule has 126 valence electrons. The Hall–Kier alpha value is -3.23. The lowest BCUT2D eigenvalue weighted by atomic mass is 9.95. The van der Waals surface area contributed by atoms with Gasteiger partial charge in [0.2, 0.25) is 0 Å². The van der Waals surface area contributed by atoms with Gasteiger partial charge in [0.25, 0.3) is 11.6 Å². The molecule has 1 aliphatic rings. The fraction of sp³-hybridized carbons (Fsp3) is 0.267. The zero-order valence-corrected chi connectivity index (χ0v) is 12.6. The zero-order chi connectivity index (χ0) is 18.0. The second-order valence-corrected chi connectivity index (χ2v) is 5.18. The van der Waals surface area contributed by atoms with E-state index < -0.39 is 40.8 Å². The number of hydrogen-bond acceptors (Lipinski definition) is 6. The van der Waals surface area contributed by atoms with E-state index in [1.807, 2.05) is 0 Å². The van der Waals surface area contributed by atoms with E-state index in [2.05, 4.69) is 0 Å². The number of Topliss-reactive ketones (excluding diaryl/α,β-unsaturated/α-hetero) is 1. The van der Waals surface area contributed by atoms with Crippen molar-refractivity contribution in [3.05, 3.63) is 51.3 Å². The second-order valence-electron chi connectivity index (χ2n) is 5.18. The van der Waals surface area contributed by atoms with Gasteiger partial charge >= 0.3 is 5.97 Å². The minimum atomic E-state index is -1.20. The number of aliphatic hydroxyl groups excluding tert-OH is 1. The molecule has 2 rings (SSSR count). The number of rotatable bonds is 6. The maximum Gasteiger partial charge on any atom is 0.305 e. The maximum atomic E-state index is 12.2. The molecular weight excluding hydrogens is 320 g/mol. The first-order chi connectivity index (χ1) is 11.3. The Bertz CT molecular complexity index is 769. The fourth-order valence-electron chi connectivity index (χ4n) is 2.67. The van der Waals surface area contributed by atoms with Crippen LogP contribution in [0.15, 0.2) is 35.6 Å². The Morgan fingerprint density at radius 2 is 1.96 bits per heavy atom. The molecule has 0 unspecified atom stereocenters. The topological polar surface area (TPSA) is 138 Å². The Labute approximate surface area is 136 Å². The molecule has 24 heavy (non-hydrogen) atoms. The molecule has 9 nitrogen and oxygen atoms in total. The molecule has 0 bridgehead atoms. The fourth-order valence-corrected chi connectivity index (χ4v) is 2.67. The molecule has 0 aliphatic carbocycles. The molecule has 0 radical (unpaired) electrons. The number of ketones is 1. The number of amides is 1. The molecule has 0 fully saturated rings. The van der Waals surface area contributed by atoms with Gasteiger partial charge < -0.3 is 15.1 Å². The van der Waals surface area contributed by atoms with Crippen LogP contribution in [0.2, 0.25) is 0 Å². The summed E-state index contributed by atoms with van der Waals surface area (Å²) in [5, 5.41) is 30.0. The van der Waals surface area contributed by atoms with Gasteiger partial charge in [0.15, 0.2) is 11.5 Å². The number of aliphatic hydroxyl groups is 1. The first-order valence-electron chi connectivity index (χ1n) is 6.95. The van der Waals surface area contributed by atoms with E-state index in [1.54, 1.807) is 0 Å². The number of hydrogen-bond donors (Lipinski definition) is 2. The highest BCUT2D eigenvalue weighted by Crippen LogP contribution is 2.41. The van der Waals surface area contributed by atoms with Crippen LogP contribution in [0.3, 0.4) is 0 Å². The average Bonchev–Trinajstić information content (AvgIpc) is 2.77. The van der Waals surface area contributed by atoms with Gasteiger partial charge in [-0.3, -0.25) is 24.5 Å². The van der Waals surface area contributed by atoms with Gasteiger partial charge in [0.05, 0.1) is 28.5 Å². The Balaban J connectivity index is 2.59. The van der Waals surface area contributed by atoms with Crippen molar-refractivity contribution in [1.29, 1.82) is 0 Å². The monoisotopic (exact) mass is 334 g/mol. The third-order valence-corrected chi connectivity index (χ3v) is 3.68. The minimum Gasteiger partial charge on any atom is -0.503 e. The number of para-hydroxylation sites is 1. The standard InChI is InChI=1S/C15H14N2O7/c1-8(18)12-13(9-4-2-3-5-10(9)17(23)24)16(7-6-11(19)20)15(22)14(12)21/h2-5,13,21H,6-7H2,1H3,(H,19,20)/t13-/m1/s1. The predicted octanol–water partition coefficient (Wildman–Crippen LogP) is 1.35. The maximum absolute atomic E-state index is 12.2. The summed E-state index contributed by atoms with van der Waals surface area (Å²) >= 11 is 0. The molecule has 0 saturated carbocycles. The number of carboxylic acid groups (broad SMARTS) is 1. The number of aliphatic carboxylic acids is 1. The van der Waals surface area contributed by atoms with Gasteiger partial charge in [-0.15, -0.1) is 0 Å². The molecule has 1 atom stereocenters. The highest BCUT2D eigenvalue weighted by molar-refractivity contribution is 6.08. The van der Waals surface area contributed by atoms with Crippen LogP contribution in [0.25, 0.3) is 0 Å². The Morgan fingerprint density at radius 3 is 2.50 bits per heavy atom. The third-order valence-electron chi connectivity index (χ3n) is 3.68. The van der Waals surface area contributed by atoms with Gasteiger partial charge in [-0.05, 0) is 13.0 Å². The van der Waals surface area contributed by atoms with E-state index in [1.165, 1.54) is 24.3 Å². The number of carbonyl (C=O) groups is 3. The summed E-state index contributed by atoms with van der Waals surface area (Å²) in [6, 6.07) is 4.30. The molecule has 1 amide bonds. The van der Waals surface area contributed by atoms with Gasteiger partial charge in [-0.1, -0.05) is 12.1 Å². The second kappa shape index (κ2) is 6.49. The molecule has 1 aromatic carbocycles. The van der Waals surface area contributed by atoms with E-state index in [0.29, 0.717) is 0 Å². The zero-order valence-electron chi connectivity index (χ0n) is 12.6. The van der Waals surface area contributed by atoms with Crippen LogP contribution in [0.4, 0.5) is 5.69 Å². The van der Waals surface area contributed by atoms with Crippen molar-refractivity contribution < 1.29 is 29.5 Å². The highest BCUT2D eigenvalue weighted by atomic mass is 16.6. The van der Waals surface area contributed by atoms with Crippen LogP contribution < -0.4 is 0 Å². The summed E-state index contributed by atoms with van der Waals surface area (Å²) in [6.07, 6.45) is -0.429. The smallest absolute Gasteiger partial charge is 0.305 e. The molecule has 2 N–H and O–H groups in total. The van der Waals surface area contributed by atoms with E-state index >= 15 is 0 Å². The number of nitrogens with zero attached hydrogens (tertiary/aromatic N) is 2. The summed E-state index contributed by atoms with van der Waals surface area (Å²) in [4.78, 5) is 46.4. The number of nitro groups is 1. The minimum absolute atomic E-state index is 0.0375. The van der Waals surface area contributed by atoms with Crippen molar-refractivity contribution in [2.75, 3.05) is 6.54 Å². The first kappa shape index (κ1) is 17.1. The van der Waals surface area contributed by atoms with Crippen molar-refractivity contribution in [1.82, 2.24) is 4.90 Å². The summed E-state index contributed by atoms with van der Waals surface area (Å²) in [7, 11) is 0. The number of carbonyl (C=O) groups excluding carboxylic acids is 2. The molecule has 1 aliphatic heterocycles. The molecule has 0 spiro atoms. The lowest BCUT2D eigenvalue weighted by molar-refractivity contribution is -0.385. The van der Waals surface area contributed by atoms with E-state index in [4.69, 9.17) is 5.11 Å². The molecule has 1 heterocycles. The average molecular weight is 334 g/mol. The van der Waals surface area contributed by atoms with Crippen molar-refractivity contribution in [2.45, 2.75) is 19.4 Å². The van der Waals surface area contributed by atoms with Crippen LogP contribution >= 0.6 is 0 Å². The van der Waals surface area contributed by atoms with E-state index in [0.717, 1.165) is 11.8 Å². The molecule has 9 heteroatoms. The summed E-state index contributed by atoms with van der Waals surface area (Å²) in [6.45, 7) is 0.826. The van der Waals surface area contributed by atoms with Gasteiger partial charge in [0, 0.05) is 12.6 Å². The normalized spacial score (nSPS) is 17.3. The Morgan fingerprint density at radius 1 is 1.33 bits per heavy atom. The quantitative estimate of drug-likeness (QED) is 0.591. The van der Waals surface area contributed by atoms with Crippen LogP contribution in [0.5, 0.6) is 0 Å². The summed E-state index contributed by atoms with van der Waals surface area (Å²) < 4.78 is 0.